The first-order valence-electron chi connectivity index (χ1n) is 6.28. The van der Waals surface area contributed by atoms with Gasteiger partial charge < -0.3 is 10.2 Å². The zero-order chi connectivity index (χ0) is 13.2. The van der Waals surface area contributed by atoms with E-state index in [1.165, 1.54) is 0 Å². The molecule has 0 amide bonds. The van der Waals surface area contributed by atoms with Gasteiger partial charge in [0.05, 0.1) is 30.7 Å². The SMILES string of the molecule is CCn1cc(-c2nc3c(c(NN)n2)COCC3)cn1. The zero-order valence-corrected chi connectivity index (χ0v) is 10.8. The van der Waals surface area contributed by atoms with Crippen LogP contribution >= 0.6 is 0 Å². The minimum Gasteiger partial charge on any atom is -0.376 e. The minimum atomic E-state index is 0.503. The van der Waals surface area contributed by atoms with Gasteiger partial charge in [-0.2, -0.15) is 5.10 Å². The number of aryl methyl sites for hydroxylation is 1. The summed E-state index contributed by atoms with van der Waals surface area (Å²) >= 11 is 0. The van der Waals surface area contributed by atoms with E-state index in [1.807, 2.05) is 17.8 Å². The first-order valence-corrected chi connectivity index (χ1v) is 6.28. The number of hydrazine groups is 1. The Morgan fingerprint density at radius 2 is 2.37 bits per heavy atom. The van der Waals surface area contributed by atoms with Crippen molar-refractivity contribution in [2.45, 2.75) is 26.5 Å². The van der Waals surface area contributed by atoms with Crippen LogP contribution < -0.4 is 11.3 Å². The minimum absolute atomic E-state index is 0.503. The number of nitrogen functional groups attached to an aromatic ring is 1. The summed E-state index contributed by atoms with van der Waals surface area (Å²) in [6.45, 7) is 4.04. The maximum atomic E-state index is 5.54. The molecule has 7 nitrogen and oxygen atoms in total. The summed E-state index contributed by atoms with van der Waals surface area (Å²) in [7, 11) is 0. The average molecular weight is 260 g/mol. The number of nitrogens with one attached hydrogen (secondary N) is 1. The maximum Gasteiger partial charge on any atom is 0.165 e. The van der Waals surface area contributed by atoms with Crippen molar-refractivity contribution >= 4 is 5.82 Å². The van der Waals surface area contributed by atoms with Crippen molar-refractivity contribution in [3.05, 3.63) is 23.7 Å². The lowest BCUT2D eigenvalue weighted by molar-refractivity contribution is 0.109. The molecule has 0 spiro atoms. The van der Waals surface area contributed by atoms with Gasteiger partial charge in [-0.25, -0.2) is 15.8 Å². The van der Waals surface area contributed by atoms with Crippen molar-refractivity contribution in [2.24, 2.45) is 5.84 Å². The first-order chi connectivity index (χ1) is 9.31. The Morgan fingerprint density at radius 1 is 1.47 bits per heavy atom. The van der Waals surface area contributed by atoms with E-state index in [9.17, 15) is 0 Å². The summed E-state index contributed by atoms with van der Waals surface area (Å²) in [5.41, 5.74) is 5.46. The number of nitrogens with zero attached hydrogens (tertiary/aromatic N) is 4. The fourth-order valence-electron chi connectivity index (χ4n) is 2.13. The molecule has 3 N–H and O–H groups in total. The van der Waals surface area contributed by atoms with Crippen LogP contribution in [0.1, 0.15) is 18.2 Å². The summed E-state index contributed by atoms with van der Waals surface area (Å²) in [6, 6.07) is 0. The highest BCUT2D eigenvalue weighted by molar-refractivity contribution is 5.58. The predicted octanol–water partition coefficient (Wildman–Crippen LogP) is 0.718. The molecule has 0 fully saturated rings. The van der Waals surface area contributed by atoms with Gasteiger partial charge in [-0.15, -0.1) is 0 Å². The van der Waals surface area contributed by atoms with Crippen LogP contribution in [-0.4, -0.2) is 26.4 Å². The summed E-state index contributed by atoms with van der Waals surface area (Å²) in [6.07, 6.45) is 4.48. The molecule has 100 valence electrons. The Kier molecular flexibility index (Phi) is 3.14. The van der Waals surface area contributed by atoms with Gasteiger partial charge in [0.1, 0.15) is 5.82 Å². The number of nitrogens with two attached hydrogens (primary N) is 1. The van der Waals surface area contributed by atoms with Crippen LogP contribution in [0.2, 0.25) is 0 Å². The quantitative estimate of drug-likeness (QED) is 0.624. The largest absolute Gasteiger partial charge is 0.376 e. The standard InChI is InChI=1S/C12H16N6O/c1-2-18-6-8(5-14-18)11-15-10-3-4-19-7-9(10)12(16-11)17-13/h5-6H,2-4,7,13H2,1H3,(H,15,16,17). The summed E-state index contributed by atoms with van der Waals surface area (Å²) in [5, 5.41) is 4.24. The number of anilines is 1. The molecule has 0 aromatic carbocycles. The highest BCUT2D eigenvalue weighted by Gasteiger charge is 2.18. The molecule has 0 saturated heterocycles. The lowest BCUT2D eigenvalue weighted by atomic mass is 10.1. The third-order valence-corrected chi connectivity index (χ3v) is 3.17. The fourth-order valence-corrected chi connectivity index (χ4v) is 2.13. The molecule has 0 saturated carbocycles. The topological polar surface area (TPSA) is 90.9 Å². The van der Waals surface area contributed by atoms with Crippen LogP contribution in [-0.2, 0) is 24.3 Å². The Morgan fingerprint density at radius 3 is 3.11 bits per heavy atom. The Labute approximate surface area is 110 Å². The van der Waals surface area contributed by atoms with E-state index < -0.39 is 0 Å². The molecule has 3 heterocycles. The van der Waals surface area contributed by atoms with E-state index in [0.29, 0.717) is 24.9 Å². The van der Waals surface area contributed by atoms with Gasteiger partial charge in [0.15, 0.2) is 5.82 Å². The second-order valence-corrected chi connectivity index (χ2v) is 4.35. The number of aromatic nitrogens is 4. The molecule has 19 heavy (non-hydrogen) atoms. The molecular weight excluding hydrogens is 244 g/mol. The van der Waals surface area contributed by atoms with E-state index >= 15 is 0 Å². The van der Waals surface area contributed by atoms with Crippen LogP contribution in [0.3, 0.4) is 0 Å². The molecule has 7 heteroatoms. The molecule has 0 atom stereocenters. The van der Waals surface area contributed by atoms with Gasteiger partial charge in [0, 0.05) is 24.7 Å². The summed E-state index contributed by atoms with van der Waals surface area (Å²) < 4.78 is 7.26. The highest BCUT2D eigenvalue weighted by Crippen LogP contribution is 2.25. The fraction of sp³-hybridized carbons (Fsp3) is 0.417. The molecule has 0 unspecified atom stereocenters. The van der Waals surface area contributed by atoms with Crippen molar-refractivity contribution in [1.29, 1.82) is 0 Å². The zero-order valence-electron chi connectivity index (χ0n) is 10.8. The Bertz CT molecular complexity index is 577. The number of hydrogen-bond acceptors (Lipinski definition) is 6. The molecule has 2 aromatic heterocycles. The Hall–Kier alpha value is -1.99. The van der Waals surface area contributed by atoms with Crippen molar-refractivity contribution in [3.8, 4) is 11.4 Å². The highest BCUT2D eigenvalue weighted by atomic mass is 16.5. The van der Waals surface area contributed by atoms with Crippen molar-refractivity contribution in [3.63, 3.8) is 0 Å². The second-order valence-electron chi connectivity index (χ2n) is 4.35. The lowest BCUT2D eigenvalue weighted by Gasteiger charge is -2.18. The molecule has 2 aromatic rings. The second kappa shape index (κ2) is 4.94. The van der Waals surface area contributed by atoms with Gasteiger partial charge in [-0.1, -0.05) is 0 Å². The van der Waals surface area contributed by atoms with E-state index in [-0.39, 0.29) is 0 Å². The molecule has 1 aliphatic heterocycles. The number of fused-ring (bicyclic) bond motifs is 1. The van der Waals surface area contributed by atoms with Crippen molar-refractivity contribution < 1.29 is 4.74 Å². The van der Waals surface area contributed by atoms with Gasteiger partial charge >= 0.3 is 0 Å². The normalized spacial score (nSPS) is 14.2. The summed E-state index contributed by atoms with van der Waals surface area (Å²) in [4.78, 5) is 9.04. The average Bonchev–Trinajstić information content (AvgIpc) is 2.95. The van der Waals surface area contributed by atoms with E-state index in [4.69, 9.17) is 10.6 Å². The lowest BCUT2D eigenvalue weighted by Crippen LogP contribution is -2.19. The monoisotopic (exact) mass is 260 g/mol. The third-order valence-electron chi connectivity index (χ3n) is 3.17. The predicted molar refractivity (Wildman–Crippen MR) is 70.1 cm³/mol. The van der Waals surface area contributed by atoms with Crippen LogP contribution in [0, 0.1) is 0 Å². The van der Waals surface area contributed by atoms with Gasteiger partial charge in [-0.05, 0) is 6.92 Å². The number of hydrogen-bond donors (Lipinski definition) is 2. The first kappa shape index (κ1) is 12.1. The van der Waals surface area contributed by atoms with Gasteiger partial charge in [0.2, 0.25) is 0 Å². The third kappa shape index (κ3) is 2.18. The molecule has 0 bridgehead atoms. The van der Waals surface area contributed by atoms with Crippen LogP contribution in [0.25, 0.3) is 11.4 Å². The van der Waals surface area contributed by atoms with Crippen molar-refractivity contribution in [2.75, 3.05) is 12.0 Å². The van der Waals surface area contributed by atoms with E-state index in [0.717, 1.165) is 29.8 Å². The van der Waals surface area contributed by atoms with Crippen LogP contribution in [0.4, 0.5) is 5.82 Å². The van der Waals surface area contributed by atoms with Crippen LogP contribution in [0.15, 0.2) is 12.4 Å². The maximum absolute atomic E-state index is 5.54. The van der Waals surface area contributed by atoms with Gasteiger partial charge in [-0.3, -0.25) is 4.68 Å². The molecule has 0 radical (unpaired) electrons. The molecule has 0 aliphatic carbocycles. The smallest absolute Gasteiger partial charge is 0.165 e. The molecular formula is C12H16N6O. The summed E-state index contributed by atoms with van der Waals surface area (Å²) in [5.74, 6) is 6.81. The van der Waals surface area contributed by atoms with E-state index in [2.05, 4.69) is 20.5 Å². The Balaban J connectivity index is 2.06. The number of ether oxygens (including phenoxy) is 1. The van der Waals surface area contributed by atoms with Crippen LogP contribution in [0.5, 0.6) is 0 Å². The molecule has 3 rings (SSSR count). The molecule has 1 aliphatic rings. The van der Waals surface area contributed by atoms with Crippen molar-refractivity contribution in [1.82, 2.24) is 19.7 Å². The van der Waals surface area contributed by atoms with E-state index in [1.54, 1.807) is 6.20 Å². The number of rotatable bonds is 3. The van der Waals surface area contributed by atoms with Gasteiger partial charge in [0.25, 0.3) is 0 Å².